The van der Waals surface area contributed by atoms with E-state index in [-0.39, 0.29) is 0 Å². The number of nitrogens with zero attached hydrogens (tertiary/aromatic N) is 2. The molecule has 0 saturated carbocycles. The number of aliphatic imine (C=N–C) groups is 1. The summed E-state index contributed by atoms with van der Waals surface area (Å²) < 4.78 is 29.4. The van der Waals surface area contributed by atoms with Crippen molar-refractivity contribution in [1.82, 2.24) is 14.9 Å². The molecule has 0 aromatic rings. The summed E-state index contributed by atoms with van der Waals surface area (Å²) in [5.74, 6) is 1.24. The molecule has 0 aromatic carbocycles. The molecule has 0 amide bonds. The second-order valence-corrected chi connectivity index (χ2v) is 6.96. The smallest absolute Gasteiger partial charge is 0.211 e. The third-order valence-corrected chi connectivity index (χ3v) is 4.73. The van der Waals surface area contributed by atoms with Crippen LogP contribution in [0.3, 0.4) is 0 Å². The van der Waals surface area contributed by atoms with Crippen molar-refractivity contribution >= 4 is 16.0 Å². The van der Waals surface area contributed by atoms with Crippen LogP contribution >= 0.6 is 0 Å². The molecule has 1 heterocycles. The van der Waals surface area contributed by atoms with E-state index in [9.17, 15) is 8.42 Å². The highest BCUT2D eigenvalue weighted by molar-refractivity contribution is 7.88. The lowest BCUT2D eigenvalue weighted by atomic mass is 9.98. The molecular weight excluding hydrogens is 280 g/mol. The van der Waals surface area contributed by atoms with E-state index in [0.29, 0.717) is 32.2 Å². The van der Waals surface area contributed by atoms with Crippen LogP contribution < -0.4 is 10.6 Å². The summed E-state index contributed by atoms with van der Waals surface area (Å²) in [5.41, 5.74) is 0. The summed E-state index contributed by atoms with van der Waals surface area (Å²) in [5, 5.41) is 6.42. The van der Waals surface area contributed by atoms with Gasteiger partial charge in [-0.3, -0.25) is 4.99 Å². The molecule has 1 aliphatic heterocycles. The summed E-state index contributed by atoms with van der Waals surface area (Å²) >= 11 is 0. The minimum Gasteiger partial charge on any atom is -0.383 e. The van der Waals surface area contributed by atoms with Crippen LogP contribution in [0.15, 0.2) is 4.99 Å². The number of sulfonamides is 1. The van der Waals surface area contributed by atoms with Gasteiger partial charge in [0.1, 0.15) is 0 Å². The molecule has 8 heteroatoms. The van der Waals surface area contributed by atoms with Crippen LogP contribution in [0.25, 0.3) is 0 Å². The Labute approximate surface area is 121 Å². The normalized spacial score (nSPS) is 19.1. The Bertz CT molecular complexity index is 403. The third-order valence-electron chi connectivity index (χ3n) is 3.42. The van der Waals surface area contributed by atoms with Crippen LogP contribution in [0.4, 0.5) is 0 Å². The van der Waals surface area contributed by atoms with Gasteiger partial charge in [-0.15, -0.1) is 0 Å². The molecule has 0 unspecified atom stereocenters. The monoisotopic (exact) mass is 306 g/mol. The van der Waals surface area contributed by atoms with Crippen molar-refractivity contribution in [2.75, 3.05) is 53.2 Å². The van der Waals surface area contributed by atoms with Gasteiger partial charge in [0.25, 0.3) is 0 Å². The fourth-order valence-electron chi connectivity index (χ4n) is 2.18. The lowest BCUT2D eigenvalue weighted by molar-refractivity contribution is 0.203. The molecule has 1 saturated heterocycles. The Morgan fingerprint density at radius 3 is 2.50 bits per heavy atom. The van der Waals surface area contributed by atoms with Crippen LogP contribution in [0, 0.1) is 5.92 Å². The van der Waals surface area contributed by atoms with E-state index >= 15 is 0 Å². The first-order valence-corrected chi connectivity index (χ1v) is 8.70. The van der Waals surface area contributed by atoms with E-state index in [4.69, 9.17) is 4.74 Å². The molecule has 1 fully saturated rings. The molecule has 0 aromatic heterocycles. The Hall–Kier alpha value is -0.860. The van der Waals surface area contributed by atoms with Crippen molar-refractivity contribution in [3.05, 3.63) is 0 Å². The maximum atomic E-state index is 11.4. The standard InChI is InChI=1S/C12H26N4O3S/c1-13-12(14-6-9-19-2)15-10-11-4-7-16(8-5-11)20(3,17)18/h11H,4-10H2,1-3H3,(H2,13,14,15). The second kappa shape index (κ2) is 8.43. The third kappa shape index (κ3) is 6.06. The Morgan fingerprint density at radius 1 is 1.35 bits per heavy atom. The molecule has 1 rings (SSSR count). The number of hydrogen-bond donors (Lipinski definition) is 2. The quantitative estimate of drug-likeness (QED) is 0.392. The number of guanidine groups is 1. The summed E-state index contributed by atoms with van der Waals surface area (Å²) in [6, 6.07) is 0. The van der Waals surface area contributed by atoms with Crippen LogP contribution in [0.5, 0.6) is 0 Å². The number of piperidine rings is 1. The predicted molar refractivity (Wildman–Crippen MR) is 80.4 cm³/mol. The molecule has 0 aliphatic carbocycles. The van der Waals surface area contributed by atoms with Crippen molar-refractivity contribution in [3.8, 4) is 0 Å². The molecule has 0 spiro atoms. The SMILES string of the molecule is CN=C(NCCOC)NCC1CCN(S(C)(=O)=O)CC1. The van der Waals surface area contributed by atoms with E-state index in [1.165, 1.54) is 6.26 Å². The van der Waals surface area contributed by atoms with Crippen LogP contribution in [0.2, 0.25) is 0 Å². The highest BCUT2D eigenvalue weighted by atomic mass is 32.2. The molecule has 0 bridgehead atoms. The van der Waals surface area contributed by atoms with Crippen molar-refractivity contribution in [3.63, 3.8) is 0 Å². The summed E-state index contributed by atoms with van der Waals surface area (Å²) in [4.78, 5) is 4.13. The Morgan fingerprint density at radius 2 is 2.00 bits per heavy atom. The summed E-state index contributed by atoms with van der Waals surface area (Å²) in [6.45, 7) is 3.38. The molecular formula is C12H26N4O3S. The largest absolute Gasteiger partial charge is 0.383 e. The van der Waals surface area contributed by atoms with Crippen molar-refractivity contribution in [2.45, 2.75) is 12.8 Å². The average molecular weight is 306 g/mol. The number of rotatable bonds is 6. The fourth-order valence-corrected chi connectivity index (χ4v) is 3.05. The Kier molecular flexibility index (Phi) is 7.25. The van der Waals surface area contributed by atoms with Gasteiger partial charge < -0.3 is 15.4 Å². The number of nitrogens with one attached hydrogen (secondary N) is 2. The number of methoxy groups -OCH3 is 1. The van der Waals surface area contributed by atoms with E-state index in [1.54, 1.807) is 18.5 Å². The van der Waals surface area contributed by atoms with Crippen molar-refractivity contribution < 1.29 is 13.2 Å². The van der Waals surface area contributed by atoms with E-state index in [0.717, 1.165) is 25.3 Å². The van der Waals surface area contributed by atoms with Gasteiger partial charge in [0, 0.05) is 40.3 Å². The fraction of sp³-hybridized carbons (Fsp3) is 0.917. The lowest BCUT2D eigenvalue weighted by Gasteiger charge is -2.30. The first kappa shape index (κ1) is 17.2. The summed E-state index contributed by atoms with van der Waals surface area (Å²) in [6.07, 6.45) is 3.04. The number of hydrogen-bond acceptors (Lipinski definition) is 4. The zero-order chi connectivity index (χ0) is 15.0. The van der Waals surface area contributed by atoms with Gasteiger partial charge in [-0.05, 0) is 18.8 Å². The van der Waals surface area contributed by atoms with Gasteiger partial charge in [0.05, 0.1) is 12.9 Å². The minimum atomic E-state index is -3.04. The maximum Gasteiger partial charge on any atom is 0.211 e. The van der Waals surface area contributed by atoms with Crippen LogP contribution in [-0.4, -0.2) is 71.9 Å². The van der Waals surface area contributed by atoms with Crippen molar-refractivity contribution in [1.29, 1.82) is 0 Å². The molecule has 118 valence electrons. The lowest BCUT2D eigenvalue weighted by Crippen LogP contribution is -2.44. The van der Waals surface area contributed by atoms with E-state index in [2.05, 4.69) is 15.6 Å². The number of ether oxygens (including phenoxy) is 1. The minimum absolute atomic E-state index is 0.481. The molecule has 20 heavy (non-hydrogen) atoms. The average Bonchev–Trinajstić information content (AvgIpc) is 2.42. The zero-order valence-corrected chi connectivity index (χ0v) is 13.4. The highest BCUT2D eigenvalue weighted by Crippen LogP contribution is 2.18. The zero-order valence-electron chi connectivity index (χ0n) is 12.6. The molecule has 0 atom stereocenters. The van der Waals surface area contributed by atoms with E-state index < -0.39 is 10.0 Å². The Balaban J connectivity index is 2.26. The summed E-state index contributed by atoms with van der Waals surface area (Å²) in [7, 11) is 0.353. The molecule has 7 nitrogen and oxygen atoms in total. The highest BCUT2D eigenvalue weighted by Gasteiger charge is 2.24. The second-order valence-electron chi connectivity index (χ2n) is 4.98. The van der Waals surface area contributed by atoms with Gasteiger partial charge in [0.15, 0.2) is 5.96 Å². The van der Waals surface area contributed by atoms with Gasteiger partial charge in [-0.2, -0.15) is 0 Å². The predicted octanol–water partition coefficient (Wildman–Crippen LogP) is -0.531. The molecule has 1 aliphatic rings. The first-order chi connectivity index (χ1) is 9.47. The topological polar surface area (TPSA) is 83.0 Å². The molecule has 0 radical (unpaired) electrons. The van der Waals surface area contributed by atoms with Gasteiger partial charge in [-0.1, -0.05) is 0 Å². The van der Waals surface area contributed by atoms with Crippen LogP contribution in [0.1, 0.15) is 12.8 Å². The maximum absolute atomic E-state index is 11.4. The molecule has 2 N–H and O–H groups in total. The van der Waals surface area contributed by atoms with Gasteiger partial charge >= 0.3 is 0 Å². The first-order valence-electron chi connectivity index (χ1n) is 6.86. The van der Waals surface area contributed by atoms with Gasteiger partial charge in [-0.25, -0.2) is 12.7 Å². The van der Waals surface area contributed by atoms with Crippen molar-refractivity contribution in [2.24, 2.45) is 10.9 Å². The van der Waals surface area contributed by atoms with Gasteiger partial charge in [0.2, 0.25) is 10.0 Å². The van der Waals surface area contributed by atoms with E-state index in [1.807, 2.05) is 0 Å². The van der Waals surface area contributed by atoms with Crippen LogP contribution in [-0.2, 0) is 14.8 Å².